The molecule has 8 heteroatoms. The first-order valence-electron chi connectivity index (χ1n) is 7.26. The van der Waals surface area contributed by atoms with E-state index in [-0.39, 0.29) is 13.0 Å². The van der Waals surface area contributed by atoms with Crippen molar-refractivity contribution in [3.8, 4) is 10.6 Å². The van der Waals surface area contributed by atoms with Gasteiger partial charge in [-0.2, -0.15) is 4.98 Å². The molecule has 0 amide bonds. The van der Waals surface area contributed by atoms with Crippen LogP contribution < -0.4 is 5.69 Å². The smallest absolute Gasteiger partial charge is 0.351 e. The third-order valence-electron chi connectivity index (χ3n) is 4.01. The standard InChI is InChI=1S/C15H15N3O4S/c19-7-11-10(20)5-13(22-11)18-6-8-4-9(12-2-1-3-23-12)16-14(8)17-15(18)21/h1-4,6,10-11,13,19-20H,5,7H2,(H,16,17,21)/t10-,11+,13+/m0/s1. The van der Waals surface area contributed by atoms with E-state index in [1.54, 1.807) is 17.5 Å². The van der Waals surface area contributed by atoms with E-state index >= 15 is 0 Å². The van der Waals surface area contributed by atoms with Crippen LogP contribution in [0.1, 0.15) is 12.6 Å². The van der Waals surface area contributed by atoms with Crippen molar-refractivity contribution < 1.29 is 14.9 Å². The quantitative estimate of drug-likeness (QED) is 0.666. The third kappa shape index (κ3) is 2.49. The third-order valence-corrected chi connectivity index (χ3v) is 4.92. The van der Waals surface area contributed by atoms with Crippen LogP contribution in [0.4, 0.5) is 0 Å². The number of aromatic amines is 1. The first-order chi connectivity index (χ1) is 11.2. The normalized spacial score (nSPS) is 24.5. The van der Waals surface area contributed by atoms with Crippen molar-refractivity contribution >= 4 is 22.4 Å². The Hall–Kier alpha value is -2.00. The molecule has 0 aliphatic carbocycles. The first kappa shape index (κ1) is 14.6. The highest BCUT2D eigenvalue weighted by molar-refractivity contribution is 7.13. The molecule has 23 heavy (non-hydrogen) atoms. The van der Waals surface area contributed by atoms with Gasteiger partial charge in [-0.25, -0.2) is 4.79 Å². The Bertz CT molecular complexity index is 886. The second-order valence-corrected chi connectivity index (χ2v) is 6.46. The molecule has 3 aromatic rings. The van der Waals surface area contributed by atoms with E-state index < -0.39 is 24.1 Å². The van der Waals surface area contributed by atoms with Gasteiger partial charge < -0.3 is 19.9 Å². The maximum absolute atomic E-state index is 12.2. The molecule has 4 rings (SSSR count). The lowest BCUT2D eigenvalue weighted by atomic mass is 10.2. The molecule has 1 aliphatic heterocycles. The monoisotopic (exact) mass is 333 g/mol. The van der Waals surface area contributed by atoms with Crippen LogP contribution in [-0.4, -0.2) is 43.6 Å². The average molecular weight is 333 g/mol. The van der Waals surface area contributed by atoms with Gasteiger partial charge in [0, 0.05) is 18.0 Å². The van der Waals surface area contributed by atoms with Crippen LogP contribution in [0.5, 0.6) is 0 Å². The fourth-order valence-electron chi connectivity index (χ4n) is 2.83. The zero-order chi connectivity index (χ0) is 16.0. The summed E-state index contributed by atoms with van der Waals surface area (Å²) in [4.78, 5) is 20.5. The molecule has 7 nitrogen and oxygen atoms in total. The molecule has 0 unspecified atom stereocenters. The number of nitrogens with zero attached hydrogens (tertiary/aromatic N) is 2. The van der Waals surface area contributed by atoms with Crippen molar-refractivity contribution in [3.05, 3.63) is 40.3 Å². The molecule has 0 spiro atoms. The summed E-state index contributed by atoms with van der Waals surface area (Å²) in [6, 6.07) is 5.88. The molecule has 0 saturated carbocycles. The number of aliphatic hydroxyl groups is 2. The maximum atomic E-state index is 12.2. The number of aromatic nitrogens is 3. The van der Waals surface area contributed by atoms with Gasteiger partial charge in [-0.1, -0.05) is 6.07 Å². The lowest BCUT2D eigenvalue weighted by molar-refractivity contribution is -0.0457. The SMILES string of the molecule is O=c1nc2[nH]c(-c3cccs3)cc2cn1[C@H]1C[C@H](O)[C@@H](CO)O1. The summed E-state index contributed by atoms with van der Waals surface area (Å²) in [5.74, 6) is 0. The van der Waals surface area contributed by atoms with Crippen molar-refractivity contribution in [2.24, 2.45) is 0 Å². The number of H-pyrrole nitrogens is 1. The van der Waals surface area contributed by atoms with Gasteiger partial charge in [0.25, 0.3) is 0 Å². The van der Waals surface area contributed by atoms with E-state index in [1.165, 1.54) is 4.57 Å². The van der Waals surface area contributed by atoms with Crippen molar-refractivity contribution in [1.29, 1.82) is 0 Å². The number of ether oxygens (including phenoxy) is 1. The van der Waals surface area contributed by atoms with Gasteiger partial charge in [0.15, 0.2) is 0 Å². The number of aliphatic hydroxyl groups excluding tert-OH is 2. The van der Waals surface area contributed by atoms with Crippen LogP contribution >= 0.6 is 11.3 Å². The van der Waals surface area contributed by atoms with Crippen LogP contribution in [0.25, 0.3) is 21.6 Å². The molecule has 3 aromatic heterocycles. The number of thiophene rings is 1. The van der Waals surface area contributed by atoms with Gasteiger partial charge in [-0.05, 0) is 17.5 Å². The highest BCUT2D eigenvalue weighted by Crippen LogP contribution is 2.29. The molecule has 0 bridgehead atoms. The summed E-state index contributed by atoms with van der Waals surface area (Å²) >= 11 is 1.60. The van der Waals surface area contributed by atoms with E-state index in [0.29, 0.717) is 5.65 Å². The Morgan fingerprint density at radius 3 is 3.09 bits per heavy atom. The molecular formula is C15H15N3O4S. The van der Waals surface area contributed by atoms with E-state index in [0.717, 1.165) is 16.0 Å². The van der Waals surface area contributed by atoms with Crippen molar-refractivity contribution in [2.75, 3.05) is 6.61 Å². The summed E-state index contributed by atoms with van der Waals surface area (Å²) in [5, 5.41) is 21.8. The Morgan fingerprint density at radius 2 is 2.39 bits per heavy atom. The number of rotatable bonds is 3. The summed E-state index contributed by atoms with van der Waals surface area (Å²) in [6.07, 6.45) is -0.154. The van der Waals surface area contributed by atoms with Gasteiger partial charge in [-0.3, -0.25) is 4.57 Å². The summed E-state index contributed by atoms with van der Waals surface area (Å²) in [6.45, 7) is -0.283. The molecule has 120 valence electrons. The second kappa shape index (κ2) is 5.57. The number of hydrogen-bond donors (Lipinski definition) is 3. The highest BCUT2D eigenvalue weighted by Gasteiger charge is 2.35. The molecule has 3 atom stereocenters. The lowest BCUT2D eigenvalue weighted by Crippen LogP contribution is -2.27. The van der Waals surface area contributed by atoms with Crippen LogP contribution in [0.2, 0.25) is 0 Å². The Kier molecular flexibility index (Phi) is 3.53. The molecule has 1 fully saturated rings. The zero-order valence-electron chi connectivity index (χ0n) is 12.0. The largest absolute Gasteiger partial charge is 0.394 e. The minimum absolute atomic E-state index is 0.251. The minimum atomic E-state index is -0.791. The summed E-state index contributed by atoms with van der Waals surface area (Å²) < 4.78 is 6.90. The zero-order valence-corrected chi connectivity index (χ0v) is 12.9. The average Bonchev–Trinajstić information content (AvgIpc) is 3.24. The van der Waals surface area contributed by atoms with Crippen molar-refractivity contribution in [1.82, 2.24) is 14.5 Å². The summed E-state index contributed by atoms with van der Waals surface area (Å²) in [5.41, 5.74) is 0.972. The Labute approximate surface area is 134 Å². The van der Waals surface area contributed by atoms with Gasteiger partial charge in [0.1, 0.15) is 18.0 Å². The van der Waals surface area contributed by atoms with E-state index in [4.69, 9.17) is 9.84 Å². The molecule has 4 heterocycles. The second-order valence-electron chi connectivity index (χ2n) is 5.51. The van der Waals surface area contributed by atoms with Crippen LogP contribution in [0, 0.1) is 0 Å². The van der Waals surface area contributed by atoms with Crippen molar-refractivity contribution in [3.63, 3.8) is 0 Å². The van der Waals surface area contributed by atoms with Crippen LogP contribution in [0.15, 0.2) is 34.6 Å². The predicted octanol–water partition coefficient (Wildman–Crippen LogP) is 1.09. The topological polar surface area (TPSA) is 100 Å². The molecule has 3 N–H and O–H groups in total. The van der Waals surface area contributed by atoms with Gasteiger partial charge in [0.2, 0.25) is 0 Å². The molecule has 1 aliphatic rings. The fraction of sp³-hybridized carbons (Fsp3) is 0.333. The maximum Gasteiger partial charge on any atom is 0.351 e. The Balaban J connectivity index is 1.74. The summed E-state index contributed by atoms with van der Waals surface area (Å²) in [7, 11) is 0. The lowest BCUT2D eigenvalue weighted by Gasteiger charge is -2.14. The number of hydrogen-bond acceptors (Lipinski definition) is 6. The highest BCUT2D eigenvalue weighted by atomic mass is 32.1. The van der Waals surface area contributed by atoms with E-state index in [9.17, 15) is 9.90 Å². The predicted molar refractivity (Wildman–Crippen MR) is 85.3 cm³/mol. The minimum Gasteiger partial charge on any atom is -0.394 e. The number of nitrogens with one attached hydrogen (secondary N) is 1. The van der Waals surface area contributed by atoms with Crippen LogP contribution in [0.3, 0.4) is 0 Å². The molecule has 0 radical (unpaired) electrons. The van der Waals surface area contributed by atoms with Gasteiger partial charge in [0.05, 0.1) is 23.3 Å². The van der Waals surface area contributed by atoms with Gasteiger partial charge in [-0.15, -0.1) is 11.3 Å². The Morgan fingerprint density at radius 1 is 1.52 bits per heavy atom. The molecular weight excluding hydrogens is 318 g/mol. The van der Waals surface area contributed by atoms with Crippen molar-refractivity contribution in [2.45, 2.75) is 24.9 Å². The van der Waals surface area contributed by atoms with E-state index in [1.807, 2.05) is 23.6 Å². The molecule has 1 saturated heterocycles. The van der Waals surface area contributed by atoms with Gasteiger partial charge >= 0.3 is 5.69 Å². The first-order valence-corrected chi connectivity index (χ1v) is 8.14. The van der Waals surface area contributed by atoms with Crippen LogP contribution in [-0.2, 0) is 4.74 Å². The van der Waals surface area contributed by atoms with E-state index in [2.05, 4.69) is 9.97 Å². The molecule has 0 aromatic carbocycles. The number of fused-ring (bicyclic) bond motifs is 1. The fourth-order valence-corrected chi connectivity index (χ4v) is 3.53.